The topological polar surface area (TPSA) is 19.9 Å². The minimum absolute atomic E-state index is 0.0948. The van der Waals surface area contributed by atoms with Crippen LogP contribution in [0, 0.1) is 40.7 Å². The van der Waals surface area contributed by atoms with Crippen molar-refractivity contribution >= 4 is 0 Å². The van der Waals surface area contributed by atoms with Crippen LogP contribution in [0.4, 0.5) is 30.7 Å². The van der Waals surface area contributed by atoms with E-state index >= 15 is 0 Å². The highest BCUT2D eigenvalue weighted by Crippen LogP contribution is 2.39. The number of hydrogen-bond donors (Lipinski definition) is 0. The van der Waals surface area contributed by atoms with E-state index in [4.69, 9.17) is 0 Å². The lowest BCUT2D eigenvalue weighted by atomic mass is 9.95. The highest BCUT2D eigenvalue weighted by atomic mass is 19.2. The van der Waals surface area contributed by atoms with Gasteiger partial charge >= 0.3 is 0 Å². The molecule has 0 N–H and O–H groups in total. The molecule has 0 heterocycles. The molecule has 0 bridgehead atoms. The molecule has 0 aromatic heterocycles. The molecule has 3 aromatic rings. The third-order valence-corrected chi connectivity index (χ3v) is 4.74. The standard InChI is InChI=1S/C22H14F7O/c1-2-10-5-14(24)19(15(25)6-10)20-18(30)9-13(23)12(21(20)28)4-3-11-7-16(26)22(29)17(27)8-11/h5-9H,2-4H2,1H3. The maximum atomic E-state index is 15.0. The predicted molar refractivity (Wildman–Crippen MR) is 94.9 cm³/mol. The predicted octanol–water partition coefficient (Wildman–Crippen LogP) is 6.82. The molecule has 8 heteroatoms. The van der Waals surface area contributed by atoms with Crippen LogP contribution in [0.2, 0.25) is 0 Å². The van der Waals surface area contributed by atoms with Gasteiger partial charge in [-0.15, -0.1) is 0 Å². The Labute approximate surface area is 167 Å². The number of rotatable bonds is 5. The van der Waals surface area contributed by atoms with E-state index in [0.717, 1.165) is 12.1 Å². The first-order valence-corrected chi connectivity index (χ1v) is 8.93. The maximum absolute atomic E-state index is 15.0. The van der Waals surface area contributed by atoms with Crippen LogP contribution in [-0.2, 0) is 24.4 Å². The van der Waals surface area contributed by atoms with Crippen LogP contribution in [0.5, 0.6) is 5.75 Å². The highest BCUT2D eigenvalue weighted by Gasteiger charge is 2.26. The summed E-state index contributed by atoms with van der Waals surface area (Å²) in [6.07, 6.45) is -0.522. The fourth-order valence-corrected chi connectivity index (χ4v) is 3.19. The van der Waals surface area contributed by atoms with Gasteiger partial charge in [0.1, 0.15) is 23.3 Å². The van der Waals surface area contributed by atoms with Gasteiger partial charge in [0.05, 0.1) is 11.1 Å². The molecule has 0 saturated heterocycles. The number of halogens is 7. The lowest BCUT2D eigenvalue weighted by Gasteiger charge is -2.13. The van der Waals surface area contributed by atoms with E-state index < -0.39 is 69.6 Å². The molecule has 0 fully saturated rings. The lowest BCUT2D eigenvalue weighted by molar-refractivity contribution is 0.349. The number of benzene rings is 3. The Balaban J connectivity index is 2.05. The van der Waals surface area contributed by atoms with Crippen molar-refractivity contribution in [2.45, 2.75) is 26.2 Å². The molecule has 0 amide bonds. The van der Waals surface area contributed by atoms with Crippen molar-refractivity contribution in [1.29, 1.82) is 0 Å². The van der Waals surface area contributed by atoms with Crippen molar-refractivity contribution in [2.24, 2.45) is 0 Å². The average Bonchev–Trinajstić information content (AvgIpc) is 2.67. The van der Waals surface area contributed by atoms with Gasteiger partial charge in [-0.05, 0) is 54.7 Å². The number of hydrogen-bond acceptors (Lipinski definition) is 0. The molecule has 157 valence electrons. The minimum Gasteiger partial charge on any atom is -0.289 e. The van der Waals surface area contributed by atoms with Crippen molar-refractivity contribution in [2.75, 3.05) is 0 Å². The molecule has 1 radical (unpaired) electrons. The van der Waals surface area contributed by atoms with E-state index in [1.54, 1.807) is 6.92 Å². The summed E-state index contributed by atoms with van der Waals surface area (Å²) in [5.41, 5.74) is -2.39. The molecule has 0 spiro atoms. The molecule has 30 heavy (non-hydrogen) atoms. The van der Waals surface area contributed by atoms with Gasteiger partial charge in [-0.1, -0.05) is 6.92 Å². The van der Waals surface area contributed by atoms with Crippen molar-refractivity contribution < 1.29 is 35.8 Å². The van der Waals surface area contributed by atoms with Gasteiger partial charge in [0.2, 0.25) is 0 Å². The zero-order valence-corrected chi connectivity index (χ0v) is 15.6. The zero-order chi connectivity index (χ0) is 22.2. The Hall–Kier alpha value is -3.03. The summed E-state index contributed by atoms with van der Waals surface area (Å²) in [7, 11) is 0. The Morgan fingerprint density at radius 3 is 1.67 bits per heavy atom. The van der Waals surface area contributed by atoms with Crippen molar-refractivity contribution in [3.63, 3.8) is 0 Å². The third kappa shape index (κ3) is 3.99. The smallest absolute Gasteiger partial charge is 0.194 e. The molecule has 0 saturated carbocycles. The van der Waals surface area contributed by atoms with E-state index in [-0.39, 0.29) is 17.5 Å². The summed E-state index contributed by atoms with van der Waals surface area (Å²) in [6, 6.07) is 3.63. The fourth-order valence-electron chi connectivity index (χ4n) is 3.19. The van der Waals surface area contributed by atoms with Crippen LogP contribution in [0.15, 0.2) is 30.3 Å². The first-order chi connectivity index (χ1) is 14.1. The minimum atomic E-state index is -1.68. The first kappa shape index (κ1) is 21.7. The lowest BCUT2D eigenvalue weighted by Crippen LogP contribution is -2.04. The second-order valence-corrected chi connectivity index (χ2v) is 6.69. The summed E-state index contributed by atoms with van der Waals surface area (Å²) < 4.78 is 97.7. The van der Waals surface area contributed by atoms with Crippen molar-refractivity contribution in [3.8, 4) is 16.9 Å². The molecule has 0 aliphatic rings. The Morgan fingerprint density at radius 2 is 1.13 bits per heavy atom. The van der Waals surface area contributed by atoms with Crippen LogP contribution in [0.3, 0.4) is 0 Å². The van der Waals surface area contributed by atoms with Crippen LogP contribution in [0.25, 0.3) is 11.1 Å². The van der Waals surface area contributed by atoms with Gasteiger partial charge in [-0.2, -0.15) is 0 Å². The fraction of sp³-hybridized carbons (Fsp3) is 0.182. The SMILES string of the molecule is CCc1cc(F)c(-c2c([O])cc(F)c(CCc3cc(F)c(F)c(F)c3)c2F)c(F)c1. The molecule has 0 atom stereocenters. The van der Waals surface area contributed by atoms with Gasteiger partial charge in [0, 0.05) is 11.6 Å². The monoisotopic (exact) mass is 427 g/mol. The van der Waals surface area contributed by atoms with Crippen molar-refractivity contribution in [1.82, 2.24) is 0 Å². The third-order valence-electron chi connectivity index (χ3n) is 4.74. The summed E-state index contributed by atoms with van der Waals surface area (Å²) in [5.74, 6) is -11.0. The first-order valence-electron chi connectivity index (χ1n) is 8.93. The largest absolute Gasteiger partial charge is 0.289 e. The summed E-state index contributed by atoms with van der Waals surface area (Å²) in [5, 5.41) is 12.1. The summed E-state index contributed by atoms with van der Waals surface area (Å²) in [6.45, 7) is 1.64. The second kappa shape index (κ2) is 8.38. The van der Waals surface area contributed by atoms with E-state index in [9.17, 15) is 35.8 Å². The van der Waals surface area contributed by atoms with E-state index in [1.165, 1.54) is 0 Å². The normalized spacial score (nSPS) is 11.2. The van der Waals surface area contributed by atoms with E-state index in [1.807, 2.05) is 0 Å². The molecular formula is C22H14F7O. The molecule has 1 nitrogen and oxygen atoms in total. The van der Waals surface area contributed by atoms with Crippen LogP contribution in [0.1, 0.15) is 23.6 Å². The molecule has 3 aromatic carbocycles. The van der Waals surface area contributed by atoms with Crippen molar-refractivity contribution in [3.05, 3.63) is 87.7 Å². The van der Waals surface area contributed by atoms with E-state index in [2.05, 4.69) is 0 Å². The van der Waals surface area contributed by atoms with Gasteiger partial charge in [-0.3, -0.25) is 5.11 Å². The van der Waals surface area contributed by atoms with Crippen LogP contribution < -0.4 is 0 Å². The molecule has 0 aliphatic heterocycles. The van der Waals surface area contributed by atoms with Gasteiger partial charge in [0.15, 0.2) is 23.2 Å². The zero-order valence-electron chi connectivity index (χ0n) is 15.6. The molecule has 0 unspecified atom stereocenters. The molecule has 3 rings (SSSR count). The Morgan fingerprint density at radius 1 is 0.600 bits per heavy atom. The summed E-state index contributed by atoms with van der Waals surface area (Å²) >= 11 is 0. The van der Waals surface area contributed by atoms with Gasteiger partial charge in [-0.25, -0.2) is 30.7 Å². The molecular weight excluding hydrogens is 413 g/mol. The Kier molecular flexibility index (Phi) is 6.05. The van der Waals surface area contributed by atoms with Gasteiger partial charge in [0.25, 0.3) is 0 Å². The second-order valence-electron chi connectivity index (χ2n) is 6.69. The quantitative estimate of drug-likeness (QED) is 0.315. The van der Waals surface area contributed by atoms with Crippen LogP contribution in [-0.4, -0.2) is 0 Å². The number of aryl methyl sites for hydroxylation is 2. The summed E-state index contributed by atoms with van der Waals surface area (Å²) in [4.78, 5) is 0. The van der Waals surface area contributed by atoms with Gasteiger partial charge < -0.3 is 0 Å². The Bertz CT molecular complexity index is 1080. The average molecular weight is 427 g/mol. The van der Waals surface area contributed by atoms with Crippen LogP contribution >= 0.6 is 0 Å². The highest BCUT2D eigenvalue weighted by molar-refractivity contribution is 5.73. The van der Waals surface area contributed by atoms with E-state index in [0.29, 0.717) is 24.6 Å². The maximum Gasteiger partial charge on any atom is 0.194 e. The molecule has 0 aliphatic carbocycles.